The van der Waals surface area contributed by atoms with E-state index in [0.717, 1.165) is 13.1 Å². The summed E-state index contributed by atoms with van der Waals surface area (Å²) >= 11 is 0. The molecule has 1 heterocycles. The van der Waals surface area contributed by atoms with Gasteiger partial charge in [-0.3, -0.25) is 4.90 Å². The van der Waals surface area contributed by atoms with E-state index in [1.807, 2.05) is 6.07 Å². The first-order valence-corrected chi connectivity index (χ1v) is 6.28. The van der Waals surface area contributed by atoms with Crippen molar-refractivity contribution in [1.82, 2.24) is 4.90 Å². The Kier molecular flexibility index (Phi) is 3.49. The van der Waals surface area contributed by atoms with Crippen molar-refractivity contribution in [3.63, 3.8) is 0 Å². The number of hydrogen-bond donors (Lipinski definition) is 0. The smallest absolute Gasteiger partial charge is 0.0638 e. The summed E-state index contributed by atoms with van der Waals surface area (Å²) in [4.78, 5) is 2.46. The van der Waals surface area contributed by atoms with Gasteiger partial charge in [0, 0.05) is 12.6 Å². The lowest BCUT2D eigenvalue weighted by atomic mass is 9.83. The van der Waals surface area contributed by atoms with Crippen molar-refractivity contribution in [1.29, 1.82) is 5.26 Å². The van der Waals surface area contributed by atoms with Crippen molar-refractivity contribution < 1.29 is 0 Å². The second kappa shape index (κ2) is 4.89. The Morgan fingerprint density at radius 3 is 2.71 bits per heavy atom. The standard InChI is InChI=1S/C15H20N2/c1-15(2)9-11-17(14(15)8-10-16)12-13-6-4-3-5-7-13/h3-7,14H,8-9,11-12H2,1-2H3/t14-/m1/s1. The molecule has 1 aromatic rings. The van der Waals surface area contributed by atoms with Crippen molar-refractivity contribution in [3.8, 4) is 6.07 Å². The van der Waals surface area contributed by atoms with Crippen LogP contribution in [0.4, 0.5) is 0 Å². The maximum Gasteiger partial charge on any atom is 0.0638 e. The summed E-state index contributed by atoms with van der Waals surface area (Å²) in [5.74, 6) is 0. The molecule has 1 aromatic carbocycles. The van der Waals surface area contributed by atoms with Gasteiger partial charge >= 0.3 is 0 Å². The van der Waals surface area contributed by atoms with Gasteiger partial charge in [-0.15, -0.1) is 0 Å². The quantitative estimate of drug-likeness (QED) is 0.794. The highest BCUT2D eigenvalue weighted by molar-refractivity contribution is 5.15. The molecule has 0 N–H and O–H groups in total. The third-order valence-electron chi connectivity index (χ3n) is 3.90. The molecule has 0 unspecified atom stereocenters. The second-order valence-electron chi connectivity index (χ2n) is 5.57. The van der Waals surface area contributed by atoms with Crippen molar-refractivity contribution in [3.05, 3.63) is 35.9 Å². The monoisotopic (exact) mass is 228 g/mol. The number of hydrogen-bond acceptors (Lipinski definition) is 2. The maximum atomic E-state index is 8.97. The van der Waals surface area contributed by atoms with E-state index in [9.17, 15) is 0 Å². The zero-order chi connectivity index (χ0) is 12.3. The Morgan fingerprint density at radius 2 is 2.06 bits per heavy atom. The van der Waals surface area contributed by atoms with Crippen LogP contribution in [0.3, 0.4) is 0 Å². The second-order valence-corrected chi connectivity index (χ2v) is 5.57. The molecule has 0 bridgehead atoms. The van der Waals surface area contributed by atoms with E-state index in [2.05, 4.69) is 49.1 Å². The van der Waals surface area contributed by atoms with Gasteiger partial charge in [0.1, 0.15) is 0 Å². The lowest BCUT2D eigenvalue weighted by Gasteiger charge is -2.31. The first-order chi connectivity index (χ1) is 8.13. The molecule has 1 aliphatic rings. The number of nitrogens with zero attached hydrogens (tertiary/aromatic N) is 2. The molecule has 0 aromatic heterocycles. The Bertz CT molecular complexity index is 403. The Labute approximate surface area is 104 Å². The van der Waals surface area contributed by atoms with Gasteiger partial charge in [-0.1, -0.05) is 44.2 Å². The van der Waals surface area contributed by atoms with Gasteiger partial charge in [-0.25, -0.2) is 0 Å². The molecule has 2 heteroatoms. The number of benzene rings is 1. The highest BCUT2D eigenvalue weighted by Crippen LogP contribution is 2.38. The molecular weight excluding hydrogens is 208 g/mol. The topological polar surface area (TPSA) is 27.0 Å². The fourth-order valence-electron chi connectivity index (χ4n) is 2.75. The van der Waals surface area contributed by atoms with Crippen LogP contribution in [0.5, 0.6) is 0 Å². The lowest BCUT2D eigenvalue weighted by molar-refractivity contribution is 0.178. The molecule has 0 spiro atoms. The Balaban J connectivity index is 2.09. The zero-order valence-corrected chi connectivity index (χ0v) is 10.7. The summed E-state index contributed by atoms with van der Waals surface area (Å²) in [6.45, 7) is 6.63. The summed E-state index contributed by atoms with van der Waals surface area (Å²) in [5.41, 5.74) is 1.61. The first kappa shape index (κ1) is 12.1. The van der Waals surface area contributed by atoms with Gasteiger partial charge in [0.25, 0.3) is 0 Å². The van der Waals surface area contributed by atoms with Gasteiger partial charge < -0.3 is 0 Å². The normalized spacial score (nSPS) is 23.5. The van der Waals surface area contributed by atoms with E-state index in [1.165, 1.54) is 12.0 Å². The molecule has 90 valence electrons. The number of likely N-dealkylation sites (tertiary alicyclic amines) is 1. The first-order valence-electron chi connectivity index (χ1n) is 6.28. The summed E-state index contributed by atoms with van der Waals surface area (Å²) in [5, 5.41) is 8.97. The predicted molar refractivity (Wildman–Crippen MR) is 69.3 cm³/mol. The fourth-order valence-corrected chi connectivity index (χ4v) is 2.75. The van der Waals surface area contributed by atoms with E-state index >= 15 is 0 Å². The summed E-state index contributed by atoms with van der Waals surface area (Å²) in [7, 11) is 0. The van der Waals surface area contributed by atoms with E-state index in [4.69, 9.17) is 5.26 Å². The molecule has 1 saturated heterocycles. The maximum absolute atomic E-state index is 8.97. The van der Waals surface area contributed by atoms with Crippen LogP contribution in [0.25, 0.3) is 0 Å². The van der Waals surface area contributed by atoms with Crippen LogP contribution >= 0.6 is 0 Å². The molecule has 0 radical (unpaired) electrons. The number of nitriles is 1. The van der Waals surface area contributed by atoms with Crippen LogP contribution in [-0.4, -0.2) is 17.5 Å². The molecule has 1 aliphatic heterocycles. The van der Waals surface area contributed by atoms with Crippen molar-refractivity contribution in [2.24, 2.45) is 5.41 Å². The average molecular weight is 228 g/mol. The third kappa shape index (κ3) is 2.68. The summed E-state index contributed by atoms with van der Waals surface area (Å²) in [6, 6.07) is 13.3. The van der Waals surface area contributed by atoms with E-state index in [-0.39, 0.29) is 5.41 Å². The highest BCUT2D eigenvalue weighted by atomic mass is 15.2. The largest absolute Gasteiger partial charge is 0.295 e. The van der Waals surface area contributed by atoms with Crippen LogP contribution in [-0.2, 0) is 6.54 Å². The van der Waals surface area contributed by atoms with Crippen molar-refractivity contribution in [2.45, 2.75) is 39.3 Å². The van der Waals surface area contributed by atoms with Gasteiger partial charge in [0.05, 0.1) is 12.5 Å². The molecule has 17 heavy (non-hydrogen) atoms. The van der Waals surface area contributed by atoms with Crippen LogP contribution in [0.2, 0.25) is 0 Å². The molecular formula is C15H20N2. The van der Waals surface area contributed by atoms with Crippen molar-refractivity contribution in [2.75, 3.05) is 6.54 Å². The van der Waals surface area contributed by atoms with Crippen LogP contribution in [0.15, 0.2) is 30.3 Å². The zero-order valence-electron chi connectivity index (χ0n) is 10.7. The highest BCUT2D eigenvalue weighted by Gasteiger charge is 2.39. The predicted octanol–water partition coefficient (Wildman–Crippen LogP) is 3.20. The fraction of sp³-hybridized carbons (Fsp3) is 0.533. The van der Waals surface area contributed by atoms with E-state index < -0.39 is 0 Å². The summed E-state index contributed by atoms with van der Waals surface area (Å²) in [6.07, 6.45) is 1.83. The minimum absolute atomic E-state index is 0.268. The van der Waals surface area contributed by atoms with E-state index in [1.54, 1.807) is 0 Å². The van der Waals surface area contributed by atoms with Gasteiger partial charge in [-0.05, 0) is 23.9 Å². The molecule has 1 fully saturated rings. The van der Waals surface area contributed by atoms with Gasteiger partial charge in [-0.2, -0.15) is 5.26 Å². The molecule has 0 saturated carbocycles. The van der Waals surface area contributed by atoms with Crippen LogP contribution in [0, 0.1) is 16.7 Å². The Morgan fingerprint density at radius 1 is 1.35 bits per heavy atom. The van der Waals surface area contributed by atoms with Gasteiger partial charge in [0.2, 0.25) is 0 Å². The minimum Gasteiger partial charge on any atom is -0.295 e. The van der Waals surface area contributed by atoms with E-state index in [0.29, 0.717) is 12.5 Å². The van der Waals surface area contributed by atoms with Crippen LogP contribution in [0.1, 0.15) is 32.3 Å². The van der Waals surface area contributed by atoms with Crippen LogP contribution < -0.4 is 0 Å². The molecule has 2 nitrogen and oxygen atoms in total. The number of rotatable bonds is 3. The van der Waals surface area contributed by atoms with Crippen molar-refractivity contribution >= 4 is 0 Å². The molecule has 2 rings (SSSR count). The summed E-state index contributed by atoms with van der Waals surface area (Å²) < 4.78 is 0. The lowest BCUT2D eigenvalue weighted by Crippen LogP contribution is -2.35. The SMILES string of the molecule is CC1(C)CCN(Cc2ccccc2)[C@@H]1CC#N. The Hall–Kier alpha value is -1.33. The molecule has 0 amide bonds. The molecule has 0 aliphatic carbocycles. The minimum atomic E-state index is 0.268. The third-order valence-corrected chi connectivity index (χ3v) is 3.90. The average Bonchev–Trinajstić information content (AvgIpc) is 2.58. The molecule has 1 atom stereocenters. The van der Waals surface area contributed by atoms with Gasteiger partial charge in [0.15, 0.2) is 0 Å².